The minimum absolute atomic E-state index is 0.00672. The quantitative estimate of drug-likeness (QED) is 0.558. The van der Waals surface area contributed by atoms with Gasteiger partial charge in [0.15, 0.2) is 18.1 Å². The molecule has 0 saturated carbocycles. The Kier molecular flexibility index (Phi) is 6.56. The van der Waals surface area contributed by atoms with Gasteiger partial charge in [-0.15, -0.1) is 10.2 Å². The molecule has 1 saturated heterocycles. The van der Waals surface area contributed by atoms with Gasteiger partial charge in [0.05, 0.1) is 17.3 Å². The third kappa shape index (κ3) is 5.04. The first-order valence-electron chi connectivity index (χ1n) is 11.1. The molecule has 0 unspecified atom stereocenters. The van der Waals surface area contributed by atoms with E-state index in [0.717, 1.165) is 0 Å². The molecule has 34 heavy (non-hydrogen) atoms. The van der Waals surface area contributed by atoms with E-state index in [1.807, 2.05) is 25.5 Å². The number of hydrogen-bond donors (Lipinski definition) is 1. The Labute approximate surface area is 196 Å². The van der Waals surface area contributed by atoms with Gasteiger partial charge in [0, 0.05) is 25.8 Å². The number of anilines is 1. The van der Waals surface area contributed by atoms with Gasteiger partial charge in [-0.2, -0.15) is 5.10 Å². The number of methoxy groups -OCH3 is 1. The molecule has 2 N–H and O–H groups in total. The van der Waals surface area contributed by atoms with Crippen LogP contribution in [0.3, 0.4) is 0 Å². The lowest BCUT2D eigenvalue weighted by Gasteiger charge is -2.33. The molecular weight excluding hydrogens is 443 g/mol. The molecular formula is C23H29FN6O4. The van der Waals surface area contributed by atoms with Gasteiger partial charge in [0.25, 0.3) is 0 Å². The summed E-state index contributed by atoms with van der Waals surface area (Å²) in [5, 5.41) is 13.0. The van der Waals surface area contributed by atoms with Crippen molar-refractivity contribution in [1.29, 1.82) is 0 Å². The highest BCUT2D eigenvalue weighted by Gasteiger charge is 2.29. The first-order chi connectivity index (χ1) is 16.2. The number of carbonyl (C=O) groups excluding carboxylic acids is 1. The summed E-state index contributed by atoms with van der Waals surface area (Å²) >= 11 is 0. The van der Waals surface area contributed by atoms with Gasteiger partial charge in [-0.1, -0.05) is 0 Å². The third-order valence-electron chi connectivity index (χ3n) is 5.49. The Hall–Kier alpha value is -3.47. The summed E-state index contributed by atoms with van der Waals surface area (Å²) in [6.45, 7) is 6.61. The molecule has 1 fully saturated rings. The Bertz CT molecular complexity index is 1180. The molecule has 0 radical (unpaired) electrons. The number of benzene rings is 1. The number of halogens is 1. The van der Waals surface area contributed by atoms with Crippen LogP contribution in [-0.4, -0.2) is 63.6 Å². The van der Waals surface area contributed by atoms with E-state index >= 15 is 0 Å². The number of nitrogen functional groups attached to an aromatic ring is 1. The predicted octanol–water partition coefficient (Wildman–Crippen LogP) is 3.77. The molecule has 2 aromatic heterocycles. The average Bonchev–Trinajstić information content (AvgIpc) is 3.13. The molecule has 1 aliphatic rings. The van der Waals surface area contributed by atoms with Crippen LogP contribution in [0.5, 0.6) is 5.75 Å². The first-order valence-corrected chi connectivity index (χ1v) is 11.1. The van der Waals surface area contributed by atoms with Crippen LogP contribution in [-0.2, 0) is 9.47 Å². The van der Waals surface area contributed by atoms with Crippen LogP contribution in [0.2, 0.25) is 0 Å². The zero-order chi connectivity index (χ0) is 24.5. The van der Waals surface area contributed by atoms with Crippen molar-refractivity contribution in [3.05, 3.63) is 30.1 Å². The molecule has 0 atom stereocenters. The monoisotopic (exact) mass is 472 g/mol. The summed E-state index contributed by atoms with van der Waals surface area (Å²) in [7, 11) is 1.50. The fourth-order valence-electron chi connectivity index (χ4n) is 3.94. The molecule has 0 bridgehead atoms. The van der Waals surface area contributed by atoms with Gasteiger partial charge >= 0.3 is 6.09 Å². The number of ether oxygens (including phenoxy) is 3. The van der Waals surface area contributed by atoms with Crippen molar-refractivity contribution in [2.45, 2.75) is 45.3 Å². The van der Waals surface area contributed by atoms with Crippen molar-refractivity contribution < 1.29 is 23.4 Å². The second-order valence-corrected chi connectivity index (χ2v) is 9.18. The summed E-state index contributed by atoms with van der Waals surface area (Å²) in [6.07, 6.45) is 1.03. The maximum absolute atomic E-state index is 14.0. The summed E-state index contributed by atoms with van der Waals surface area (Å²) in [6, 6.07) is 5.95. The number of rotatable bonds is 5. The molecule has 4 rings (SSSR count). The van der Waals surface area contributed by atoms with E-state index in [0.29, 0.717) is 54.0 Å². The molecule has 10 nitrogen and oxygen atoms in total. The molecule has 1 aliphatic heterocycles. The number of nitrogens with two attached hydrogens (primary N) is 1. The molecule has 0 spiro atoms. The smallest absolute Gasteiger partial charge is 0.410 e. The number of aromatic nitrogens is 4. The number of likely N-dealkylation sites (tertiary alicyclic amines) is 1. The summed E-state index contributed by atoms with van der Waals surface area (Å²) < 4.78 is 31.9. The highest BCUT2D eigenvalue weighted by molar-refractivity contribution is 5.87. The Balaban J connectivity index is 1.61. The van der Waals surface area contributed by atoms with Crippen LogP contribution in [0.4, 0.5) is 15.0 Å². The van der Waals surface area contributed by atoms with Gasteiger partial charge < -0.3 is 24.8 Å². The number of carbonyl (C=O) groups is 1. The standard InChI is InChI=1S/C23H29FN6O4/c1-23(2,3)34-22(31)29-9-7-15(8-10-29)30-18-12-17(26-27-20(18)21(25)28-30)16-11-14(24)5-6-19(16)33-13-32-4/h5-6,11-12,15H,7-10,13H2,1-4H3,(H2,25,28). The highest BCUT2D eigenvalue weighted by atomic mass is 19.1. The van der Waals surface area contributed by atoms with Crippen LogP contribution < -0.4 is 10.5 Å². The molecule has 1 aromatic carbocycles. The van der Waals surface area contributed by atoms with E-state index < -0.39 is 11.4 Å². The van der Waals surface area contributed by atoms with E-state index in [1.54, 1.807) is 11.0 Å². The maximum atomic E-state index is 14.0. The van der Waals surface area contributed by atoms with Gasteiger partial charge in [-0.05, 0) is 57.9 Å². The van der Waals surface area contributed by atoms with E-state index in [1.165, 1.54) is 25.3 Å². The molecule has 182 valence electrons. The van der Waals surface area contributed by atoms with Crippen LogP contribution in [0.25, 0.3) is 22.3 Å². The lowest BCUT2D eigenvalue weighted by molar-refractivity contribution is 0.0186. The Morgan fingerprint density at radius 1 is 1.21 bits per heavy atom. The molecule has 11 heteroatoms. The largest absolute Gasteiger partial charge is 0.467 e. The predicted molar refractivity (Wildman–Crippen MR) is 124 cm³/mol. The molecule has 0 aliphatic carbocycles. The van der Waals surface area contributed by atoms with Crippen molar-refractivity contribution >= 4 is 22.9 Å². The first kappa shape index (κ1) is 23.7. The zero-order valence-corrected chi connectivity index (χ0v) is 19.7. The van der Waals surface area contributed by atoms with Gasteiger partial charge in [-0.3, -0.25) is 4.68 Å². The summed E-state index contributed by atoms with van der Waals surface area (Å²) in [4.78, 5) is 14.1. The Morgan fingerprint density at radius 3 is 2.62 bits per heavy atom. The molecule has 3 heterocycles. The number of amides is 1. The lowest BCUT2D eigenvalue weighted by atomic mass is 10.1. The topological polar surface area (TPSA) is 118 Å². The maximum Gasteiger partial charge on any atom is 0.410 e. The normalized spacial score (nSPS) is 15.0. The summed E-state index contributed by atoms with van der Waals surface area (Å²) in [5.41, 5.74) is 7.58. The van der Waals surface area contributed by atoms with Crippen molar-refractivity contribution in [2.24, 2.45) is 0 Å². The van der Waals surface area contributed by atoms with Crippen molar-refractivity contribution in [3.63, 3.8) is 0 Å². The van der Waals surface area contributed by atoms with Gasteiger partial charge in [0.1, 0.15) is 17.2 Å². The summed E-state index contributed by atoms with van der Waals surface area (Å²) in [5.74, 6) is 0.254. The SMILES string of the molecule is COCOc1ccc(F)cc1-c1cc2c(nn1)c(N)nn2C1CCN(C(=O)OC(C)(C)C)CC1. The average molecular weight is 473 g/mol. The molecule has 1 amide bonds. The third-order valence-corrected chi connectivity index (χ3v) is 5.49. The van der Waals surface area contributed by atoms with Crippen LogP contribution in [0.1, 0.15) is 39.7 Å². The fraction of sp³-hybridized carbons (Fsp3) is 0.478. The number of fused-ring (bicyclic) bond motifs is 1. The van der Waals surface area contributed by atoms with Crippen molar-refractivity contribution in [3.8, 4) is 17.0 Å². The minimum Gasteiger partial charge on any atom is -0.467 e. The number of piperidine rings is 1. The Morgan fingerprint density at radius 2 is 1.94 bits per heavy atom. The van der Waals surface area contributed by atoms with Crippen molar-refractivity contribution in [2.75, 3.05) is 32.7 Å². The van der Waals surface area contributed by atoms with E-state index in [2.05, 4.69) is 15.3 Å². The van der Waals surface area contributed by atoms with Crippen LogP contribution >= 0.6 is 0 Å². The van der Waals surface area contributed by atoms with Gasteiger partial charge in [0.2, 0.25) is 0 Å². The van der Waals surface area contributed by atoms with Crippen molar-refractivity contribution in [1.82, 2.24) is 24.9 Å². The lowest BCUT2D eigenvalue weighted by Crippen LogP contribution is -2.42. The number of hydrogen-bond acceptors (Lipinski definition) is 8. The zero-order valence-electron chi connectivity index (χ0n) is 19.7. The highest BCUT2D eigenvalue weighted by Crippen LogP contribution is 2.34. The second-order valence-electron chi connectivity index (χ2n) is 9.18. The van der Waals surface area contributed by atoms with Crippen LogP contribution in [0.15, 0.2) is 24.3 Å². The van der Waals surface area contributed by atoms with E-state index in [-0.39, 0.29) is 24.7 Å². The molecule has 3 aromatic rings. The minimum atomic E-state index is -0.543. The van der Waals surface area contributed by atoms with Gasteiger partial charge in [-0.25, -0.2) is 9.18 Å². The fourth-order valence-corrected chi connectivity index (χ4v) is 3.94. The second kappa shape index (κ2) is 9.41. The van der Waals surface area contributed by atoms with E-state index in [9.17, 15) is 9.18 Å². The number of nitrogens with zero attached hydrogens (tertiary/aromatic N) is 5. The van der Waals surface area contributed by atoms with Crippen LogP contribution in [0, 0.1) is 5.82 Å². The van der Waals surface area contributed by atoms with E-state index in [4.69, 9.17) is 19.9 Å².